The van der Waals surface area contributed by atoms with Gasteiger partial charge in [0.15, 0.2) is 0 Å². The average Bonchev–Trinajstić information content (AvgIpc) is 3.29. The molecule has 1 amide bonds. The lowest BCUT2D eigenvalue weighted by molar-refractivity contribution is -0.148. The van der Waals surface area contributed by atoms with E-state index >= 15 is 0 Å². The fourth-order valence-electron chi connectivity index (χ4n) is 5.17. The Hall–Kier alpha value is -1.62. The predicted molar refractivity (Wildman–Crippen MR) is 104 cm³/mol. The molecule has 5 nitrogen and oxygen atoms in total. The van der Waals surface area contributed by atoms with Gasteiger partial charge in [-0.2, -0.15) is 0 Å². The number of rotatable bonds is 4. The lowest BCUT2D eigenvalue weighted by Gasteiger charge is -2.42. The fraction of sp³-hybridized carbons (Fsp3) is 0.714. The first kappa shape index (κ1) is 17.8. The second-order valence-corrected chi connectivity index (χ2v) is 8.70. The molecule has 3 aliphatic rings. The minimum absolute atomic E-state index is 0.113. The van der Waals surface area contributed by atoms with Gasteiger partial charge in [0.05, 0.1) is 5.41 Å². The number of nitrogens with zero attached hydrogens (tertiary/aromatic N) is 4. The van der Waals surface area contributed by atoms with Gasteiger partial charge in [-0.25, -0.2) is 4.98 Å². The highest BCUT2D eigenvalue weighted by Gasteiger charge is 2.49. The van der Waals surface area contributed by atoms with Crippen molar-refractivity contribution in [2.75, 3.05) is 38.6 Å². The molecule has 2 saturated heterocycles. The quantitative estimate of drug-likeness (QED) is 0.832. The molecule has 0 radical (unpaired) electrons. The minimum Gasteiger partial charge on any atom is -0.363 e. The Bertz CT molecular complexity index is 638. The van der Waals surface area contributed by atoms with Gasteiger partial charge in [-0.3, -0.25) is 9.69 Å². The summed E-state index contributed by atoms with van der Waals surface area (Å²) in [6, 6.07) is 4.77. The Labute approximate surface area is 157 Å². The number of anilines is 1. The molecule has 1 aliphatic carbocycles. The van der Waals surface area contributed by atoms with E-state index in [1.165, 1.54) is 37.7 Å². The Morgan fingerprint density at radius 3 is 2.65 bits per heavy atom. The summed E-state index contributed by atoms with van der Waals surface area (Å²) in [6.45, 7) is 3.84. The van der Waals surface area contributed by atoms with Crippen molar-refractivity contribution >= 4 is 11.7 Å². The van der Waals surface area contributed by atoms with Crippen molar-refractivity contribution in [1.82, 2.24) is 14.8 Å². The van der Waals surface area contributed by atoms with Crippen molar-refractivity contribution in [2.45, 2.75) is 57.5 Å². The summed E-state index contributed by atoms with van der Waals surface area (Å²) in [5, 5.41) is 0. The van der Waals surface area contributed by atoms with Crippen LogP contribution in [0.1, 0.15) is 50.5 Å². The van der Waals surface area contributed by atoms with E-state index in [0.717, 1.165) is 44.8 Å². The Morgan fingerprint density at radius 1 is 1.15 bits per heavy atom. The van der Waals surface area contributed by atoms with Crippen LogP contribution >= 0.6 is 0 Å². The highest BCUT2D eigenvalue weighted by molar-refractivity contribution is 5.84. The molecule has 26 heavy (non-hydrogen) atoms. The van der Waals surface area contributed by atoms with Crippen molar-refractivity contribution in [2.24, 2.45) is 5.41 Å². The topological polar surface area (TPSA) is 39.7 Å². The number of amides is 1. The molecular formula is C21H32N4O. The lowest BCUT2D eigenvalue weighted by Crippen LogP contribution is -2.53. The second kappa shape index (κ2) is 7.18. The average molecular weight is 357 g/mol. The van der Waals surface area contributed by atoms with Crippen LogP contribution in [0.25, 0.3) is 0 Å². The van der Waals surface area contributed by atoms with Crippen LogP contribution in [0, 0.1) is 5.41 Å². The summed E-state index contributed by atoms with van der Waals surface area (Å²) in [6.07, 6.45) is 10.3. The normalized spacial score (nSPS) is 27.6. The molecule has 0 aromatic carbocycles. The summed E-state index contributed by atoms with van der Waals surface area (Å²) in [5.41, 5.74) is 1.13. The van der Waals surface area contributed by atoms with E-state index in [-0.39, 0.29) is 5.41 Å². The maximum atomic E-state index is 13.3. The molecule has 3 fully saturated rings. The van der Waals surface area contributed by atoms with Gasteiger partial charge in [-0.1, -0.05) is 18.9 Å². The van der Waals surface area contributed by atoms with Crippen LogP contribution in [0.15, 0.2) is 18.3 Å². The van der Waals surface area contributed by atoms with Gasteiger partial charge in [0.1, 0.15) is 5.82 Å². The van der Waals surface area contributed by atoms with Gasteiger partial charge in [0.25, 0.3) is 0 Å². The van der Waals surface area contributed by atoms with Crippen LogP contribution in [-0.2, 0) is 11.3 Å². The van der Waals surface area contributed by atoms with Crippen molar-refractivity contribution in [1.29, 1.82) is 0 Å². The first-order chi connectivity index (χ1) is 12.6. The largest absolute Gasteiger partial charge is 0.363 e. The van der Waals surface area contributed by atoms with Crippen molar-refractivity contribution < 1.29 is 4.79 Å². The lowest BCUT2D eigenvalue weighted by atomic mass is 9.77. The smallest absolute Gasteiger partial charge is 0.230 e. The maximum absolute atomic E-state index is 13.3. The van der Waals surface area contributed by atoms with Crippen LogP contribution in [0.2, 0.25) is 0 Å². The molecule has 0 unspecified atom stereocenters. The monoisotopic (exact) mass is 356 g/mol. The molecular weight excluding hydrogens is 324 g/mol. The van der Waals surface area contributed by atoms with E-state index < -0.39 is 0 Å². The molecule has 1 spiro atoms. The number of piperidine rings is 1. The standard InChI is InChI=1S/C21H32N4O/c1-23(2)19-9-8-17(14-22-19)15-24-13-11-21(16-24)10-5-12-25(20(21)26)18-6-3-4-7-18/h8-9,14,18H,3-7,10-13,15-16H2,1-2H3/t21-/m0/s1. The summed E-state index contributed by atoms with van der Waals surface area (Å²) in [4.78, 5) is 24.6. The van der Waals surface area contributed by atoms with E-state index in [1.807, 2.05) is 25.2 Å². The number of pyridine rings is 1. The van der Waals surface area contributed by atoms with E-state index in [2.05, 4.69) is 26.9 Å². The molecule has 5 heteroatoms. The third kappa shape index (κ3) is 3.34. The van der Waals surface area contributed by atoms with E-state index in [9.17, 15) is 4.79 Å². The van der Waals surface area contributed by atoms with Crippen LogP contribution in [0.4, 0.5) is 5.82 Å². The SMILES string of the molecule is CN(C)c1ccc(CN2CC[C@@]3(CCCN(C4CCCC4)C3=O)C2)cn1. The number of aromatic nitrogens is 1. The molecule has 0 N–H and O–H groups in total. The highest BCUT2D eigenvalue weighted by Crippen LogP contribution is 2.42. The van der Waals surface area contributed by atoms with Crippen molar-refractivity contribution in [3.05, 3.63) is 23.9 Å². The minimum atomic E-state index is -0.113. The molecule has 1 saturated carbocycles. The summed E-state index contributed by atoms with van der Waals surface area (Å²) >= 11 is 0. The first-order valence-corrected chi connectivity index (χ1v) is 10.2. The highest BCUT2D eigenvalue weighted by atomic mass is 16.2. The molecule has 1 aromatic rings. The number of hydrogen-bond acceptors (Lipinski definition) is 4. The third-order valence-corrected chi connectivity index (χ3v) is 6.64. The summed E-state index contributed by atoms with van der Waals surface area (Å²) in [7, 11) is 4.02. The van der Waals surface area contributed by atoms with Gasteiger partial charge in [0, 0.05) is 46.0 Å². The third-order valence-electron chi connectivity index (χ3n) is 6.64. The van der Waals surface area contributed by atoms with Gasteiger partial charge in [-0.15, -0.1) is 0 Å². The van der Waals surface area contributed by atoms with Crippen molar-refractivity contribution in [3.8, 4) is 0 Å². The van der Waals surface area contributed by atoms with Gasteiger partial charge >= 0.3 is 0 Å². The first-order valence-electron chi connectivity index (χ1n) is 10.2. The summed E-state index contributed by atoms with van der Waals surface area (Å²) < 4.78 is 0. The number of hydrogen-bond donors (Lipinski definition) is 0. The van der Waals surface area contributed by atoms with Crippen LogP contribution in [-0.4, -0.2) is 60.5 Å². The molecule has 1 aromatic heterocycles. The van der Waals surface area contributed by atoms with Crippen LogP contribution < -0.4 is 4.90 Å². The maximum Gasteiger partial charge on any atom is 0.230 e. The molecule has 2 aliphatic heterocycles. The van der Waals surface area contributed by atoms with E-state index in [4.69, 9.17) is 0 Å². The Morgan fingerprint density at radius 2 is 1.96 bits per heavy atom. The van der Waals surface area contributed by atoms with Crippen LogP contribution in [0.3, 0.4) is 0 Å². The Kier molecular flexibility index (Phi) is 4.91. The molecule has 3 heterocycles. The molecule has 142 valence electrons. The Balaban J connectivity index is 1.41. The second-order valence-electron chi connectivity index (χ2n) is 8.70. The van der Waals surface area contributed by atoms with Gasteiger partial charge in [-0.05, 0) is 50.3 Å². The zero-order chi connectivity index (χ0) is 18.1. The fourth-order valence-corrected chi connectivity index (χ4v) is 5.17. The van der Waals surface area contributed by atoms with Gasteiger partial charge in [0.2, 0.25) is 5.91 Å². The predicted octanol–water partition coefficient (Wildman–Crippen LogP) is 2.90. The molecule has 4 rings (SSSR count). The summed E-state index contributed by atoms with van der Waals surface area (Å²) in [5.74, 6) is 1.44. The molecule has 0 bridgehead atoms. The molecule has 1 atom stereocenters. The van der Waals surface area contributed by atoms with Gasteiger partial charge < -0.3 is 9.80 Å². The number of carbonyl (C=O) groups excluding carboxylic acids is 1. The number of carbonyl (C=O) groups is 1. The van der Waals surface area contributed by atoms with Crippen LogP contribution in [0.5, 0.6) is 0 Å². The zero-order valence-electron chi connectivity index (χ0n) is 16.3. The number of likely N-dealkylation sites (tertiary alicyclic amines) is 2. The van der Waals surface area contributed by atoms with E-state index in [1.54, 1.807) is 0 Å². The zero-order valence-corrected chi connectivity index (χ0v) is 16.3. The van der Waals surface area contributed by atoms with Crippen molar-refractivity contribution in [3.63, 3.8) is 0 Å². The van der Waals surface area contributed by atoms with E-state index in [0.29, 0.717) is 11.9 Å².